The Kier molecular flexibility index (Phi) is 2.94. The summed E-state index contributed by atoms with van der Waals surface area (Å²) in [6, 6.07) is 8.56. The van der Waals surface area contributed by atoms with Gasteiger partial charge in [-0.2, -0.15) is 0 Å². The number of anilines is 1. The van der Waals surface area contributed by atoms with Gasteiger partial charge in [-0.3, -0.25) is 0 Å². The average molecular weight is 219 g/mol. The second-order valence-corrected chi connectivity index (χ2v) is 5.35. The first-order valence-corrected chi connectivity index (χ1v) is 6.03. The van der Waals surface area contributed by atoms with Crippen LogP contribution in [0.2, 0.25) is 0 Å². The standard InChI is InChI=1S/C14H21NO/c1-11-10-14(2,3)15(8-9-16)13-7-5-4-6-12(11)13/h4-7,11,16H,8-10H2,1-3H3. The largest absolute Gasteiger partial charge is 0.395 e. The van der Waals surface area contributed by atoms with E-state index in [2.05, 4.69) is 49.9 Å². The molecule has 1 heterocycles. The first kappa shape index (κ1) is 11.5. The third kappa shape index (κ3) is 1.82. The van der Waals surface area contributed by atoms with E-state index in [0.29, 0.717) is 5.92 Å². The SMILES string of the molecule is CC1CC(C)(C)N(CCO)c2ccccc21. The zero-order chi connectivity index (χ0) is 11.8. The molecular weight excluding hydrogens is 198 g/mol. The van der Waals surface area contributed by atoms with Gasteiger partial charge in [0, 0.05) is 17.8 Å². The topological polar surface area (TPSA) is 23.5 Å². The van der Waals surface area contributed by atoms with Gasteiger partial charge in [0.2, 0.25) is 0 Å². The van der Waals surface area contributed by atoms with Crippen molar-refractivity contribution >= 4 is 5.69 Å². The molecule has 1 unspecified atom stereocenters. The maximum atomic E-state index is 9.20. The van der Waals surface area contributed by atoms with Gasteiger partial charge in [-0.05, 0) is 37.8 Å². The van der Waals surface area contributed by atoms with Gasteiger partial charge in [0.15, 0.2) is 0 Å². The minimum Gasteiger partial charge on any atom is -0.395 e. The Balaban J connectivity index is 2.45. The lowest BCUT2D eigenvalue weighted by Crippen LogP contribution is -2.49. The number of hydrogen-bond acceptors (Lipinski definition) is 2. The number of benzene rings is 1. The van der Waals surface area contributed by atoms with Crippen molar-refractivity contribution in [3.8, 4) is 0 Å². The second kappa shape index (κ2) is 4.10. The van der Waals surface area contributed by atoms with Crippen LogP contribution in [0.1, 0.15) is 38.7 Å². The van der Waals surface area contributed by atoms with E-state index in [9.17, 15) is 5.11 Å². The van der Waals surface area contributed by atoms with Crippen molar-refractivity contribution in [1.29, 1.82) is 0 Å². The molecule has 0 amide bonds. The Morgan fingerprint density at radius 2 is 2.06 bits per heavy atom. The number of hydrogen-bond donors (Lipinski definition) is 1. The van der Waals surface area contributed by atoms with Crippen LogP contribution >= 0.6 is 0 Å². The lowest BCUT2D eigenvalue weighted by Gasteiger charge is -2.47. The molecule has 0 aliphatic carbocycles. The quantitative estimate of drug-likeness (QED) is 0.826. The monoisotopic (exact) mass is 219 g/mol. The van der Waals surface area contributed by atoms with Crippen LogP contribution < -0.4 is 4.90 Å². The van der Waals surface area contributed by atoms with Gasteiger partial charge < -0.3 is 10.0 Å². The predicted octanol–water partition coefficient (Wildman–Crippen LogP) is 2.77. The molecule has 2 rings (SSSR count). The summed E-state index contributed by atoms with van der Waals surface area (Å²) in [6.07, 6.45) is 1.14. The van der Waals surface area contributed by atoms with E-state index in [-0.39, 0.29) is 12.1 Å². The summed E-state index contributed by atoms with van der Waals surface area (Å²) in [4.78, 5) is 2.34. The molecule has 0 spiro atoms. The molecule has 0 aromatic heterocycles. The van der Waals surface area contributed by atoms with E-state index in [1.807, 2.05) is 0 Å². The summed E-state index contributed by atoms with van der Waals surface area (Å²) >= 11 is 0. The summed E-state index contributed by atoms with van der Waals surface area (Å²) in [5, 5.41) is 9.20. The van der Waals surface area contributed by atoms with E-state index in [0.717, 1.165) is 13.0 Å². The molecule has 16 heavy (non-hydrogen) atoms. The number of fused-ring (bicyclic) bond motifs is 1. The van der Waals surface area contributed by atoms with Gasteiger partial charge in [-0.1, -0.05) is 25.1 Å². The Labute approximate surface area is 97.9 Å². The summed E-state index contributed by atoms with van der Waals surface area (Å²) in [6.45, 7) is 7.74. The second-order valence-electron chi connectivity index (χ2n) is 5.35. The van der Waals surface area contributed by atoms with E-state index >= 15 is 0 Å². The highest BCUT2D eigenvalue weighted by molar-refractivity contribution is 5.59. The van der Waals surface area contributed by atoms with Crippen molar-refractivity contribution in [3.05, 3.63) is 29.8 Å². The summed E-state index contributed by atoms with van der Waals surface area (Å²) in [5.41, 5.74) is 2.84. The Morgan fingerprint density at radius 1 is 1.38 bits per heavy atom. The van der Waals surface area contributed by atoms with Gasteiger partial charge in [-0.15, -0.1) is 0 Å². The fourth-order valence-electron chi connectivity index (χ4n) is 2.97. The number of aliphatic hydroxyl groups excluding tert-OH is 1. The molecule has 0 saturated heterocycles. The minimum atomic E-state index is 0.135. The maximum Gasteiger partial charge on any atom is 0.0606 e. The fourth-order valence-corrected chi connectivity index (χ4v) is 2.97. The van der Waals surface area contributed by atoms with E-state index in [1.54, 1.807) is 0 Å². The molecule has 1 atom stereocenters. The van der Waals surface area contributed by atoms with Crippen molar-refractivity contribution in [3.63, 3.8) is 0 Å². The molecule has 0 radical (unpaired) electrons. The van der Waals surface area contributed by atoms with Crippen LogP contribution in [0.25, 0.3) is 0 Å². The van der Waals surface area contributed by atoms with E-state index in [1.165, 1.54) is 11.3 Å². The van der Waals surface area contributed by atoms with E-state index < -0.39 is 0 Å². The zero-order valence-corrected chi connectivity index (χ0v) is 10.4. The summed E-state index contributed by atoms with van der Waals surface area (Å²) in [7, 11) is 0. The third-order valence-corrected chi connectivity index (χ3v) is 3.62. The van der Waals surface area contributed by atoms with Crippen LogP contribution in [0.15, 0.2) is 24.3 Å². The van der Waals surface area contributed by atoms with Crippen molar-refractivity contribution < 1.29 is 5.11 Å². The molecule has 0 fully saturated rings. The van der Waals surface area contributed by atoms with Gasteiger partial charge in [0.1, 0.15) is 0 Å². The molecule has 1 aromatic carbocycles. The number of nitrogens with zero attached hydrogens (tertiary/aromatic N) is 1. The number of para-hydroxylation sites is 1. The Bertz CT molecular complexity index is 373. The molecule has 2 heteroatoms. The molecule has 1 aliphatic heterocycles. The molecule has 2 nitrogen and oxygen atoms in total. The molecule has 0 saturated carbocycles. The fraction of sp³-hybridized carbons (Fsp3) is 0.571. The number of β-amino-alcohol motifs (C(OH)–C–C–N with tert-alkyl or cyclic N) is 1. The maximum absolute atomic E-state index is 9.20. The highest BCUT2D eigenvalue weighted by Crippen LogP contribution is 2.42. The molecule has 1 N–H and O–H groups in total. The highest BCUT2D eigenvalue weighted by atomic mass is 16.3. The minimum absolute atomic E-state index is 0.135. The molecule has 0 bridgehead atoms. The van der Waals surface area contributed by atoms with Crippen molar-refractivity contribution in [1.82, 2.24) is 0 Å². The van der Waals surface area contributed by atoms with Gasteiger partial charge in [0.25, 0.3) is 0 Å². The van der Waals surface area contributed by atoms with Gasteiger partial charge >= 0.3 is 0 Å². The van der Waals surface area contributed by atoms with Gasteiger partial charge in [-0.25, -0.2) is 0 Å². The van der Waals surface area contributed by atoms with E-state index in [4.69, 9.17) is 0 Å². The Hall–Kier alpha value is -1.02. The van der Waals surface area contributed by atoms with Crippen LogP contribution in [-0.4, -0.2) is 23.8 Å². The van der Waals surface area contributed by atoms with Crippen molar-refractivity contribution in [2.75, 3.05) is 18.1 Å². The van der Waals surface area contributed by atoms with Crippen LogP contribution in [-0.2, 0) is 0 Å². The van der Waals surface area contributed by atoms with Crippen LogP contribution in [0.5, 0.6) is 0 Å². The Morgan fingerprint density at radius 3 is 2.75 bits per heavy atom. The summed E-state index contributed by atoms with van der Waals surface area (Å²) in [5.74, 6) is 0.598. The average Bonchev–Trinajstić information content (AvgIpc) is 2.23. The highest BCUT2D eigenvalue weighted by Gasteiger charge is 2.35. The first-order valence-electron chi connectivity index (χ1n) is 6.03. The molecule has 1 aliphatic rings. The zero-order valence-electron chi connectivity index (χ0n) is 10.4. The van der Waals surface area contributed by atoms with Crippen LogP contribution in [0, 0.1) is 0 Å². The normalized spacial score (nSPS) is 23.0. The lowest BCUT2D eigenvalue weighted by atomic mass is 9.80. The predicted molar refractivity (Wildman–Crippen MR) is 68.0 cm³/mol. The smallest absolute Gasteiger partial charge is 0.0606 e. The molecule has 1 aromatic rings. The van der Waals surface area contributed by atoms with Crippen LogP contribution in [0.3, 0.4) is 0 Å². The molecular formula is C14H21NO. The van der Waals surface area contributed by atoms with Gasteiger partial charge in [0.05, 0.1) is 6.61 Å². The first-order chi connectivity index (χ1) is 7.56. The lowest BCUT2D eigenvalue weighted by molar-refractivity contribution is 0.277. The third-order valence-electron chi connectivity index (χ3n) is 3.62. The summed E-state index contributed by atoms with van der Waals surface area (Å²) < 4.78 is 0. The van der Waals surface area contributed by atoms with Crippen molar-refractivity contribution in [2.24, 2.45) is 0 Å². The van der Waals surface area contributed by atoms with Crippen LogP contribution in [0.4, 0.5) is 5.69 Å². The number of rotatable bonds is 2. The molecule has 88 valence electrons. The van der Waals surface area contributed by atoms with Crippen molar-refractivity contribution in [2.45, 2.75) is 38.6 Å². The number of aliphatic hydroxyl groups is 1.